The highest BCUT2D eigenvalue weighted by Gasteiger charge is 2.51. The standard InChI is InChI=1S/C32H34N4O3/c1-4-20-39-25-19-13-14-22(21-25)28(29-26(5-2)33-35(31(29)37)23-15-9-7-10-16-23)30-27(6-3)34-36(32(30)38)24-17-11-8-12-18-24/h7-19,21,28-30H,4-6,20H2,1-3H3. The second-order valence-corrected chi connectivity index (χ2v) is 9.76. The van der Waals surface area contributed by atoms with E-state index in [-0.39, 0.29) is 11.8 Å². The molecule has 0 aliphatic carbocycles. The lowest BCUT2D eigenvalue weighted by molar-refractivity contribution is -0.122. The number of anilines is 2. The van der Waals surface area contributed by atoms with Gasteiger partial charge >= 0.3 is 0 Å². The average Bonchev–Trinajstić information content (AvgIpc) is 3.49. The third kappa shape index (κ3) is 5.09. The van der Waals surface area contributed by atoms with Gasteiger partial charge in [0, 0.05) is 5.92 Å². The number of ether oxygens (including phenoxy) is 1. The van der Waals surface area contributed by atoms with Crippen LogP contribution in [0.2, 0.25) is 0 Å². The molecule has 0 N–H and O–H groups in total. The maximum absolute atomic E-state index is 14.2. The Morgan fingerprint density at radius 2 is 1.23 bits per heavy atom. The molecule has 3 aromatic carbocycles. The number of para-hydroxylation sites is 2. The van der Waals surface area contributed by atoms with E-state index in [2.05, 4.69) is 6.92 Å². The molecule has 7 heteroatoms. The van der Waals surface area contributed by atoms with E-state index >= 15 is 0 Å². The second kappa shape index (κ2) is 11.6. The molecule has 3 aromatic rings. The van der Waals surface area contributed by atoms with Crippen LogP contribution in [0, 0.1) is 11.8 Å². The summed E-state index contributed by atoms with van der Waals surface area (Å²) in [5.41, 5.74) is 3.81. The molecule has 5 rings (SSSR count). The normalized spacial score (nSPS) is 19.8. The predicted octanol–water partition coefficient (Wildman–Crippen LogP) is 6.42. The maximum Gasteiger partial charge on any atom is 0.256 e. The highest BCUT2D eigenvalue weighted by molar-refractivity contribution is 6.20. The number of carbonyl (C=O) groups is 2. The Labute approximate surface area is 229 Å². The van der Waals surface area contributed by atoms with Gasteiger partial charge in [0.15, 0.2) is 0 Å². The topological polar surface area (TPSA) is 74.6 Å². The molecule has 0 aromatic heterocycles. The number of rotatable bonds is 10. The number of carbonyl (C=O) groups excluding carboxylic acids is 2. The molecule has 39 heavy (non-hydrogen) atoms. The van der Waals surface area contributed by atoms with E-state index in [4.69, 9.17) is 14.9 Å². The first-order chi connectivity index (χ1) is 19.1. The van der Waals surface area contributed by atoms with Gasteiger partial charge < -0.3 is 4.74 Å². The van der Waals surface area contributed by atoms with E-state index in [1.807, 2.05) is 98.8 Å². The zero-order chi connectivity index (χ0) is 27.4. The highest BCUT2D eigenvalue weighted by Crippen LogP contribution is 2.44. The zero-order valence-corrected chi connectivity index (χ0v) is 22.7. The van der Waals surface area contributed by atoms with Gasteiger partial charge in [-0.15, -0.1) is 0 Å². The van der Waals surface area contributed by atoms with Crippen LogP contribution in [-0.2, 0) is 9.59 Å². The Bertz CT molecular complexity index is 1310. The third-order valence-corrected chi connectivity index (χ3v) is 7.28. The van der Waals surface area contributed by atoms with Crippen molar-refractivity contribution in [3.63, 3.8) is 0 Å². The quantitative estimate of drug-likeness (QED) is 0.308. The van der Waals surface area contributed by atoms with Crippen molar-refractivity contribution in [3.8, 4) is 5.75 Å². The fourth-order valence-electron chi connectivity index (χ4n) is 5.45. The first-order valence-electron chi connectivity index (χ1n) is 13.7. The molecule has 200 valence electrons. The lowest BCUT2D eigenvalue weighted by Gasteiger charge is -2.29. The van der Waals surface area contributed by atoms with Crippen molar-refractivity contribution in [2.24, 2.45) is 22.0 Å². The number of amides is 2. The third-order valence-electron chi connectivity index (χ3n) is 7.28. The largest absolute Gasteiger partial charge is 0.494 e. The van der Waals surface area contributed by atoms with Crippen LogP contribution in [0.1, 0.15) is 51.5 Å². The van der Waals surface area contributed by atoms with E-state index in [9.17, 15) is 9.59 Å². The van der Waals surface area contributed by atoms with Crippen LogP contribution in [0.15, 0.2) is 95.1 Å². The number of hydrazone groups is 2. The fourth-order valence-corrected chi connectivity index (χ4v) is 5.45. The summed E-state index contributed by atoms with van der Waals surface area (Å²) in [6.07, 6.45) is 2.06. The first kappa shape index (κ1) is 26.4. The van der Waals surface area contributed by atoms with Crippen molar-refractivity contribution in [2.75, 3.05) is 16.6 Å². The Kier molecular flexibility index (Phi) is 7.87. The Morgan fingerprint density at radius 1 is 0.718 bits per heavy atom. The number of nitrogens with zero attached hydrogens (tertiary/aromatic N) is 4. The minimum Gasteiger partial charge on any atom is -0.494 e. The van der Waals surface area contributed by atoms with Crippen molar-refractivity contribution < 1.29 is 14.3 Å². The van der Waals surface area contributed by atoms with Crippen molar-refractivity contribution >= 4 is 34.6 Å². The first-order valence-corrected chi connectivity index (χ1v) is 13.7. The van der Waals surface area contributed by atoms with Crippen LogP contribution in [0.3, 0.4) is 0 Å². The zero-order valence-electron chi connectivity index (χ0n) is 22.7. The summed E-state index contributed by atoms with van der Waals surface area (Å²) in [4.78, 5) is 28.3. The van der Waals surface area contributed by atoms with Gasteiger partial charge in [-0.25, -0.2) is 10.0 Å². The predicted molar refractivity (Wildman–Crippen MR) is 155 cm³/mol. The minimum atomic E-state index is -0.613. The molecule has 0 spiro atoms. The van der Waals surface area contributed by atoms with E-state index in [1.54, 1.807) is 0 Å². The average molecular weight is 523 g/mol. The summed E-state index contributed by atoms with van der Waals surface area (Å²) in [5.74, 6) is -1.26. The molecule has 2 aliphatic rings. The van der Waals surface area contributed by atoms with Crippen molar-refractivity contribution in [3.05, 3.63) is 90.5 Å². The van der Waals surface area contributed by atoms with Gasteiger partial charge in [0.25, 0.3) is 11.8 Å². The van der Waals surface area contributed by atoms with Crippen molar-refractivity contribution in [1.29, 1.82) is 0 Å². The summed E-state index contributed by atoms with van der Waals surface area (Å²) in [5, 5.41) is 12.6. The summed E-state index contributed by atoms with van der Waals surface area (Å²) in [6, 6.07) is 26.7. The molecule has 2 heterocycles. The van der Waals surface area contributed by atoms with Crippen LogP contribution in [0.4, 0.5) is 11.4 Å². The molecular weight excluding hydrogens is 488 g/mol. The van der Waals surface area contributed by atoms with Crippen LogP contribution in [-0.4, -0.2) is 29.8 Å². The monoisotopic (exact) mass is 522 g/mol. The van der Waals surface area contributed by atoms with Crippen LogP contribution < -0.4 is 14.8 Å². The smallest absolute Gasteiger partial charge is 0.256 e. The summed E-state index contributed by atoms with van der Waals surface area (Å²) in [7, 11) is 0. The molecule has 2 aliphatic heterocycles. The molecule has 2 atom stereocenters. The SMILES string of the molecule is CCCOc1cccc(C(C2C(=O)N(c3ccccc3)N=C2CC)C2C(=O)N(c3ccccc3)N=C2CC)c1. The fraction of sp³-hybridized carbons (Fsp3) is 0.312. The van der Waals surface area contributed by atoms with Gasteiger partial charge in [-0.05, 0) is 61.2 Å². The summed E-state index contributed by atoms with van der Waals surface area (Å²) in [6.45, 7) is 6.66. The molecule has 2 unspecified atom stereocenters. The van der Waals surface area contributed by atoms with Crippen molar-refractivity contribution in [2.45, 2.75) is 46.0 Å². The van der Waals surface area contributed by atoms with E-state index in [1.165, 1.54) is 10.0 Å². The highest BCUT2D eigenvalue weighted by atomic mass is 16.5. The van der Waals surface area contributed by atoms with Gasteiger partial charge in [-0.3, -0.25) is 9.59 Å². The second-order valence-electron chi connectivity index (χ2n) is 9.76. The number of hydrogen-bond acceptors (Lipinski definition) is 5. The molecule has 0 radical (unpaired) electrons. The number of hydrogen-bond donors (Lipinski definition) is 0. The Hall–Kier alpha value is -4.26. The van der Waals surface area contributed by atoms with Gasteiger partial charge in [0.1, 0.15) is 5.75 Å². The minimum absolute atomic E-state index is 0.135. The van der Waals surface area contributed by atoms with Gasteiger partial charge in [0.2, 0.25) is 0 Å². The summed E-state index contributed by atoms with van der Waals surface area (Å²) >= 11 is 0. The Morgan fingerprint density at radius 3 is 1.69 bits per heavy atom. The Balaban J connectivity index is 1.62. The van der Waals surface area contributed by atoms with Crippen LogP contribution in [0.25, 0.3) is 0 Å². The van der Waals surface area contributed by atoms with Crippen LogP contribution >= 0.6 is 0 Å². The number of benzene rings is 3. The van der Waals surface area contributed by atoms with Gasteiger partial charge in [0.05, 0.1) is 41.2 Å². The van der Waals surface area contributed by atoms with Crippen molar-refractivity contribution in [1.82, 2.24) is 0 Å². The van der Waals surface area contributed by atoms with Gasteiger partial charge in [-0.2, -0.15) is 10.2 Å². The molecule has 2 amide bonds. The molecule has 0 fully saturated rings. The van der Waals surface area contributed by atoms with E-state index in [0.717, 1.165) is 29.2 Å². The maximum atomic E-state index is 14.2. The van der Waals surface area contributed by atoms with Gasteiger partial charge in [-0.1, -0.05) is 69.3 Å². The summed E-state index contributed by atoms with van der Waals surface area (Å²) < 4.78 is 5.96. The molecule has 0 bridgehead atoms. The molecular formula is C32H34N4O3. The van der Waals surface area contributed by atoms with E-state index < -0.39 is 17.8 Å². The van der Waals surface area contributed by atoms with Crippen LogP contribution in [0.5, 0.6) is 5.75 Å². The van der Waals surface area contributed by atoms with E-state index in [0.29, 0.717) is 30.8 Å². The lowest BCUT2D eigenvalue weighted by atomic mass is 9.71. The lowest BCUT2D eigenvalue weighted by Crippen LogP contribution is -2.40. The molecule has 7 nitrogen and oxygen atoms in total. The molecule has 0 saturated heterocycles. The molecule has 0 saturated carbocycles.